The first kappa shape index (κ1) is 18.4. The monoisotopic (exact) mass is 282 g/mol. The van der Waals surface area contributed by atoms with E-state index in [0.717, 1.165) is 25.7 Å². The third kappa shape index (κ3) is 6.55. The average Bonchev–Trinajstić information content (AvgIpc) is 2.42. The van der Waals surface area contributed by atoms with Crippen LogP contribution in [-0.2, 0) is 19.1 Å². The zero-order chi connectivity index (χ0) is 15.4. The van der Waals surface area contributed by atoms with Crippen molar-refractivity contribution >= 4 is 11.9 Å². The maximum absolute atomic E-state index is 12.0. The van der Waals surface area contributed by atoms with Gasteiger partial charge in [0.05, 0.1) is 24.4 Å². The molecule has 0 bridgehead atoms. The molecule has 20 heavy (non-hydrogen) atoms. The number of hydrogen-bond donors (Lipinski definition) is 0. The first-order chi connectivity index (χ1) is 9.62. The van der Waals surface area contributed by atoms with Gasteiger partial charge in [0.2, 0.25) is 0 Å². The molecule has 0 spiro atoms. The summed E-state index contributed by atoms with van der Waals surface area (Å²) in [6.07, 6.45) is 6.75. The lowest BCUT2D eigenvalue weighted by Gasteiger charge is -2.11. The fourth-order valence-electron chi connectivity index (χ4n) is 1.60. The molecule has 0 aliphatic rings. The SMILES string of the molecule is CCCC=C(C(=O)OCC)C(=CCCC)C(=O)OCC. The largest absolute Gasteiger partial charge is 0.462 e. The quantitative estimate of drug-likeness (QED) is 0.368. The van der Waals surface area contributed by atoms with E-state index in [9.17, 15) is 9.59 Å². The predicted molar refractivity (Wildman–Crippen MR) is 79.2 cm³/mol. The molecule has 0 aliphatic carbocycles. The van der Waals surface area contributed by atoms with E-state index in [0.29, 0.717) is 11.1 Å². The van der Waals surface area contributed by atoms with Crippen LogP contribution in [0.5, 0.6) is 0 Å². The molecule has 0 rings (SSSR count). The lowest BCUT2D eigenvalue weighted by Crippen LogP contribution is -2.17. The van der Waals surface area contributed by atoms with Gasteiger partial charge in [0.15, 0.2) is 0 Å². The molecule has 114 valence electrons. The Hall–Kier alpha value is -1.58. The summed E-state index contributed by atoms with van der Waals surface area (Å²) in [5.41, 5.74) is 0.640. The van der Waals surface area contributed by atoms with Crippen LogP contribution in [0, 0.1) is 0 Å². The number of unbranched alkanes of at least 4 members (excludes halogenated alkanes) is 2. The Balaban J connectivity index is 5.39. The minimum Gasteiger partial charge on any atom is -0.462 e. The molecule has 0 unspecified atom stereocenters. The second-order valence-corrected chi connectivity index (χ2v) is 4.25. The van der Waals surface area contributed by atoms with Gasteiger partial charge in [0, 0.05) is 0 Å². The van der Waals surface area contributed by atoms with Crippen LogP contribution in [0.2, 0.25) is 0 Å². The van der Waals surface area contributed by atoms with Crippen molar-refractivity contribution in [2.45, 2.75) is 53.4 Å². The van der Waals surface area contributed by atoms with Crippen molar-refractivity contribution in [2.75, 3.05) is 13.2 Å². The van der Waals surface area contributed by atoms with Crippen molar-refractivity contribution in [1.29, 1.82) is 0 Å². The Morgan fingerprint density at radius 2 is 1.10 bits per heavy atom. The Bertz CT molecular complexity index is 331. The van der Waals surface area contributed by atoms with E-state index in [4.69, 9.17) is 9.47 Å². The van der Waals surface area contributed by atoms with Crippen molar-refractivity contribution in [1.82, 2.24) is 0 Å². The normalized spacial score (nSPS) is 12.2. The standard InChI is InChI=1S/C16H26O4/c1-5-9-11-13(15(17)19-7-3)14(12-10-6-2)16(18)20-8-4/h11-12H,5-10H2,1-4H3. The van der Waals surface area contributed by atoms with Gasteiger partial charge < -0.3 is 9.47 Å². The number of carbonyl (C=O) groups is 2. The first-order valence-electron chi connectivity index (χ1n) is 7.37. The van der Waals surface area contributed by atoms with Crippen molar-refractivity contribution in [2.24, 2.45) is 0 Å². The minimum absolute atomic E-state index is 0.284. The van der Waals surface area contributed by atoms with E-state index >= 15 is 0 Å². The van der Waals surface area contributed by atoms with Crippen molar-refractivity contribution < 1.29 is 19.1 Å². The van der Waals surface area contributed by atoms with Crippen molar-refractivity contribution in [3.05, 3.63) is 23.3 Å². The third-order valence-corrected chi connectivity index (χ3v) is 2.56. The third-order valence-electron chi connectivity index (χ3n) is 2.56. The predicted octanol–water partition coefficient (Wildman–Crippen LogP) is 3.57. The topological polar surface area (TPSA) is 52.6 Å². The van der Waals surface area contributed by atoms with Gasteiger partial charge in [0.25, 0.3) is 0 Å². The van der Waals surface area contributed by atoms with Crippen LogP contribution in [0.25, 0.3) is 0 Å². The molecule has 0 amide bonds. The lowest BCUT2D eigenvalue weighted by molar-refractivity contribution is -0.142. The highest BCUT2D eigenvalue weighted by Crippen LogP contribution is 2.17. The molecule has 4 heteroatoms. The zero-order valence-electron chi connectivity index (χ0n) is 13.0. The molecule has 0 radical (unpaired) electrons. The molecular weight excluding hydrogens is 256 g/mol. The Morgan fingerprint density at radius 1 is 0.750 bits per heavy atom. The number of rotatable bonds is 9. The van der Waals surface area contributed by atoms with Gasteiger partial charge in [-0.25, -0.2) is 9.59 Å². The molecule has 0 aliphatic heterocycles. The fraction of sp³-hybridized carbons (Fsp3) is 0.625. The highest BCUT2D eigenvalue weighted by Gasteiger charge is 2.22. The van der Waals surface area contributed by atoms with Crippen LogP contribution in [0.3, 0.4) is 0 Å². The van der Waals surface area contributed by atoms with Crippen LogP contribution in [0.4, 0.5) is 0 Å². The van der Waals surface area contributed by atoms with Gasteiger partial charge in [-0.3, -0.25) is 0 Å². The smallest absolute Gasteiger partial charge is 0.338 e. The summed E-state index contributed by atoms with van der Waals surface area (Å²) in [5, 5.41) is 0. The highest BCUT2D eigenvalue weighted by molar-refractivity contribution is 6.06. The zero-order valence-corrected chi connectivity index (χ0v) is 13.0. The molecule has 0 heterocycles. The van der Waals surface area contributed by atoms with Crippen LogP contribution in [-0.4, -0.2) is 25.2 Å². The second-order valence-electron chi connectivity index (χ2n) is 4.25. The van der Waals surface area contributed by atoms with Gasteiger partial charge in [-0.05, 0) is 26.7 Å². The van der Waals surface area contributed by atoms with E-state index in [1.54, 1.807) is 26.0 Å². The number of hydrogen-bond acceptors (Lipinski definition) is 4. The van der Waals surface area contributed by atoms with Gasteiger partial charge in [0.1, 0.15) is 0 Å². The van der Waals surface area contributed by atoms with Crippen LogP contribution in [0.15, 0.2) is 23.3 Å². The van der Waals surface area contributed by atoms with Crippen molar-refractivity contribution in [3.8, 4) is 0 Å². The molecule has 4 nitrogen and oxygen atoms in total. The van der Waals surface area contributed by atoms with E-state index in [2.05, 4.69) is 0 Å². The van der Waals surface area contributed by atoms with E-state index < -0.39 is 11.9 Å². The summed E-state index contributed by atoms with van der Waals surface area (Å²) < 4.78 is 10.1. The van der Waals surface area contributed by atoms with E-state index in [1.807, 2.05) is 13.8 Å². The second kappa shape index (κ2) is 11.3. The van der Waals surface area contributed by atoms with E-state index in [-0.39, 0.29) is 13.2 Å². The summed E-state index contributed by atoms with van der Waals surface area (Å²) in [7, 11) is 0. The Kier molecular flexibility index (Phi) is 10.4. The average molecular weight is 282 g/mol. The van der Waals surface area contributed by atoms with E-state index in [1.165, 1.54) is 0 Å². The molecular formula is C16H26O4. The van der Waals surface area contributed by atoms with Crippen LogP contribution < -0.4 is 0 Å². The summed E-state index contributed by atoms with van der Waals surface area (Å²) in [5.74, 6) is -0.923. The van der Waals surface area contributed by atoms with Crippen LogP contribution >= 0.6 is 0 Å². The molecule has 0 aromatic heterocycles. The number of ether oxygens (including phenoxy) is 2. The number of allylic oxidation sites excluding steroid dienone is 2. The van der Waals surface area contributed by atoms with Gasteiger partial charge >= 0.3 is 11.9 Å². The molecule has 0 aromatic rings. The fourth-order valence-corrected chi connectivity index (χ4v) is 1.60. The maximum atomic E-state index is 12.0. The Labute approximate surface area is 121 Å². The molecule has 0 fully saturated rings. The maximum Gasteiger partial charge on any atom is 0.338 e. The highest BCUT2D eigenvalue weighted by atomic mass is 16.5. The molecule has 0 N–H and O–H groups in total. The summed E-state index contributed by atoms with van der Waals surface area (Å²) in [4.78, 5) is 24.0. The minimum atomic E-state index is -0.462. The first-order valence-corrected chi connectivity index (χ1v) is 7.37. The summed E-state index contributed by atoms with van der Waals surface area (Å²) >= 11 is 0. The number of carbonyl (C=O) groups excluding carboxylic acids is 2. The summed E-state index contributed by atoms with van der Waals surface area (Å²) in [6, 6.07) is 0. The molecule has 0 saturated heterocycles. The molecule has 0 saturated carbocycles. The lowest BCUT2D eigenvalue weighted by atomic mass is 10.0. The van der Waals surface area contributed by atoms with Gasteiger partial charge in [-0.15, -0.1) is 0 Å². The Morgan fingerprint density at radius 3 is 1.35 bits per heavy atom. The summed E-state index contributed by atoms with van der Waals surface area (Å²) in [6.45, 7) is 8.08. The van der Waals surface area contributed by atoms with Crippen LogP contribution in [0.1, 0.15) is 53.4 Å². The molecule has 0 atom stereocenters. The van der Waals surface area contributed by atoms with Gasteiger partial charge in [-0.1, -0.05) is 38.8 Å². The number of esters is 2. The van der Waals surface area contributed by atoms with Gasteiger partial charge in [-0.2, -0.15) is 0 Å². The molecule has 0 aromatic carbocycles. The van der Waals surface area contributed by atoms with Crippen molar-refractivity contribution in [3.63, 3.8) is 0 Å².